The Morgan fingerprint density at radius 3 is 2.30 bits per heavy atom. The average Bonchev–Trinajstić information content (AvgIpc) is 3.32. The summed E-state index contributed by atoms with van der Waals surface area (Å²) in [5.74, 6) is 2.53. The lowest BCUT2D eigenvalue weighted by Crippen LogP contribution is -2.16. The predicted molar refractivity (Wildman–Crippen MR) is 144 cm³/mol. The molecule has 4 heteroatoms. The minimum Gasteiger partial charge on any atom is -0.353 e. The molecule has 5 unspecified atom stereocenters. The molecule has 166 valence electrons. The molecule has 3 aromatic carbocycles. The monoisotopic (exact) mass is 489 g/mol. The fourth-order valence-electron chi connectivity index (χ4n) is 6.17. The molecule has 1 saturated carbocycles. The van der Waals surface area contributed by atoms with E-state index in [2.05, 4.69) is 79.8 Å². The number of nitrogens with one attached hydrogen (secondary N) is 1. The smallest absolute Gasteiger partial charge is 0.0762 e. The zero-order chi connectivity index (χ0) is 22.7. The molecule has 5 atom stereocenters. The van der Waals surface area contributed by atoms with Gasteiger partial charge in [-0.1, -0.05) is 85.6 Å². The van der Waals surface area contributed by atoms with Gasteiger partial charge < -0.3 is 5.32 Å². The Morgan fingerprint density at radius 1 is 0.788 bits per heavy atom. The van der Waals surface area contributed by atoms with Crippen molar-refractivity contribution in [2.75, 3.05) is 5.32 Å². The van der Waals surface area contributed by atoms with Crippen molar-refractivity contribution in [3.05, 3.63) is 98.9 Å². The SMILES string of the molecule is CC1C(C)C2c3c(sc4ccccc34)C=CC2C1c1ccccc1Nc1c(Cl)cccc1Cl. The van der Waals surface area contributed by atoms with Crippen LogP contribution in [-0.4, -0.2) is 0 Å². The lowest BCUT2D eigenvalue weighted by Gasteiger charge is -2.29. The first-order valence-corrected chi connectivity index (χ1v) is 13.1. The molecule has 1 aromatic heterocycles. The Hall–Kier alpha value is -2.26. The third-order valence-corrected chi connectivity index (χ3v) is 9.58. The van der Waals surface area contributed by atoms with E-state index in [1.54, 1.807) is 5.56 Å². The summed E-state index contributed by atoms with van der Waals surface area (Å²) in [5.41, 5.74) is 4.76. The number of rotatable bonds is 3. The van der Waals surface area contributed by atoms with E-state index in [4.69, 9.17) is 23.2 Å². The molecule has 0 spiro atoms. The second-order valence-corrected chi connectivity index (χ2v) is 11.3. The van der Waals surface area contributed by atoms with Crippen LogP contribution in [0.25, 0.3) is 16.2 Å². The Balaban J connectivity index is 1.45. The summed E-state index contributed by atoms with van der Waals surface area (Å²) in [6.07, 6.45) is 4.85. The number of halogens is 2. The second-order valence-electron chi connectivity index (χ2n) is 9.39. The standard InChI is InChI=1S/C29H25Cl2NS/c1-16-17(2)27-20(14-15-25-28(27)19-9-4-6-13-24(19)33-25)26(16)18-8-3-5-12-23(18)32-29-21(30)10-7-11-22(29)31/h3-17,20,26-27,32H,1-2H3. The van der Waals surface area contributed by atoms with E-state index in [1.807, 2.05) is 29.5 Å². The van der Waals surface area contributed by atoms with Gasteiger partial charge in [0.25, 0.3) is 0 Å². The number of hydrogen-bond donors (Lipinski definition) is 1. The molecule has 1 heterocycles. The molecule has 6 rings (SSSR count). The lowest BCUT2D eigenvalue weighted by molar-refractivity contribution is 0.403. The van der Waals surface area contributed by atoms with Crippen molar-refractivity contribution < 1.29 is 0 Å². The molecule has 2 aliphatic carbocycles. The number of para-hydroxylation sites is 2. The summed E-state index contributed by atoms with van der Waals surface area (Å²) in [4.78, 5) is 1.44. The fraction of sp³-hybridized carbons (Fsp3) is 0.241. The highest BCUT2D eigenvalue weighted by Gasteiger charge is 2.49. The summed E-state index contributed by atoms with van der Waals surface area (Å²) in [6, 6.07) is 23.2. The molecular weight excluding hydrogens is 465 g/mol. The van der Waals surface area contributed by atoms with Crippen LogP contribution in [0.5, 0.6) is 0 Å². The Kier molecular flexibility index (Phi) is 5.29. The van der Waals surface area contributed by atoms with Crippen molar-refractivity contribution in [1.29, 1.82) is 0 Å². The summed E-state index contributed by atoms with van der Waals surface area (Å²) < 4.78 is 1.39. The van der Waals surface area contributed by atoms with E-state index >= 15 is 0 Å². The van der Waals surface area contributed by atoms with E-state index in [-0.39, 0.29) is 0 Å². The Bertz CT molecular complexity index is 1370. The molecule has 2 aliphatic rings. The molecular formula is C29H25Cl2NS. The van der Waals surface area contributed by atoms with Gasteiger partial charge in [0, 0.05) is 15.3 Å². The van der Waals surface area contributed by atoms with Crippen molar-refractivity contribution >= 4 is 62.1 Å². The number of allylic oxidation sites excluding steroid dienone is 1. The second kappa shape index (κ2) is 8.20. The minimum atomic E-state index is 0.415. The van der Waals surface area contributed by atoms with Crippen LogP contribution in [0.3, 0.4) is 0 Å². The van der Waals surface area contributed by atoms with Crippen molar-refractivity contribution in [1.82, 2.24) is 0 Å². The van der Waals surface area contributed by atoms with Gasteiger partial charge in [0.2, 0.25) is 0 Å². The van der Waals surface area contributed by atoms with Gasteiger partial charge in [0.15, 0.2) is 0 Å². The zero-order valence-corrected chi connectivity index (χ0v) is 20.9. The van der Waals surface area contributed by atoms with Crippen LogP contribution in [0, 0.1) is 17.8 Å². The average molecular weight is 490 g/mol. The minimum absolute atomic E-state index is 0.415. The molecule has 1 nitrogen and oxygen atoms in total. The highest BCUT2D eigenvalue weighted by Crippen LogP contribution is 2.61. The summed E-state index contributed by atoms with van der Waals surface area (Å²) in [7, 11) is 0. The van der Waals surface area contributed by atoms with Crippen molar-refractivity contribution in [3.8, 4) is 0 Å². The first kappa shape index (κ1) is 21.3. The van der Waals surface area contributed by atoms with E-state index in [9.17, 15) is 0 Å². The summed E-state index contributed by atoms with van der Waals surface area (Å²) in [6.45, 7) is 4.87. The van der Waals surface area contributed by atoms with Gasteiger partial charge in [-0.15, -0.1) is 11.3 Å². The van der Waals surface area contributed by atoms with Crippen LogP contribution in [0.1, 0.15) is 41.7 Å². The maximum absolute atomic E-state index is 6.50. The van der Waals surface area contributed by atoms with Crippen LogP contribution >= 0.6 is 34.5 Å². The summed E-state index contributed by atoms with van der Waals surface area (Å²) in [5, 5.41) is 6.28. The fourth-order valence-corrected chi connectivity index (χ4v) is 7.83. The van der Waals surface area contributed by atoms with Crippen molar-refractivity contribution in [2.24, 2.45) is 17.8 Å². The molecule has 33 heavy (non-hydrogen) atoms. The highest BCUT2D eigenvalue weighted by molar-refractivity contribution is 7.20. The van der Waals surface area contributed by atoms with Crippen LogP contribution in [-0.2, 0) is 0 Å². The Labute approximate surface area is 209 Å². The number of hydrogen-bond acceptors (Lipinski definition) is 2. The van der Waals surface area contributed by atoms with Crippen molar-refractivity contribution in [3.63, 3.8) is 0 Å². The first-order chi connectivity index (χ1) is 16.0. The zero-order valence-electron chi connectivity index (χ0n) is 18.6. The number of thiophene rings is 1. The first-order valence-electron chi connectivity index (χ1n) is 11.5. The van der Waals surface area contributed by atoms with Crippen LogP contribution in [0.4, 0.5) is 11.4 Å². The predicted octanol–water partition coefficient (Wildman–Crippen LogP) is 9.75. The maximum Gasteiger partial charge on any atom is 0.0762 e. The third-order valence-electron chi connectivity index (χ3n) is 7.80. The van der Waals surface area contributed by atoms with Crippen LogP contribution in [0.15, 0.2) is 72.8 Å². The topological polar surface area (TPSA) is 12.0 Å². The highest BCUT2D eigenvalue weighted by atomic mass is 35.5. The lowest BCUT2D eigenvalue weighted by atomic mass is 9.76. The van der Waals surface area contributed by atoms with Gasteiger partial charge in [-0.05, 0) is 76.4 Å². The van der Waals surface area contributed by atoms with E-state index in [0.29, 0.717) is 39.6 Å². The van der Waals surface area contributed by atoms with E-state index < -0.39 is 0 Å². The number of anilines is 2. The van der Waals surface area contributed by atoms with Gasteiger partial charge in [-0.3, -0.25) is 0 Å². The van der Waals surface area contributed by atoms with E-state index in [0.717, 1.165) is 11.4 Å². The molecule has 1 fully saturated rings. The molecule has 0 saturated heterocycles. The summed E-state index contributed by atoms with van der Waals surface area (Å²) >= 11 is 14.9. The Morgan fingerprint density at radius 2 is 1.48 bits per heavy atom. The number of fused-ring (bicyclic) bond motifs is 5. The van der Waals surface area contributed by atoms with Crippen LogP contribution < -0.4 is 5.32 Å². The largest absolute Gasteiger partial charge is 0.353 e. The third kappa shape index (κ3) is 3.34. The number of benzene rings is 3. The van der Waals surface area contributed by atoms with Gasteiger partial charge in [0.05, 0.1) is 15.7 Å². The molecule has 0 aliphatic heterocycles. The van der Waals surface area contributed by atoms with Gasteiger partial charge in [-0.25, -0.2) is 0 Å². The van der Waals surface area contributed by atoms with Crippen molar-refractivity contribution in [2.45, 2.75) is 25.7 Å². The maximum atomic E-state index is 6.50. The normalized spacial score (nSPS) is 25.8. The quantitative estimate of drug-likeness (QED) is 0.301. The van der Waals surface area contributed by atoms with E-state index in [1.165, 1.54) is 20.5 Å². The molecule has 0 bridgehead atoms. The molecule has 0 amide bonds. The molecule has 0 radical (unpaired) electrons. The van der Waals surface area contributed by atoms with Crippen LogP contribution in [0.2, 0.25) is 10.0 Å². The van der Waals surface area contributed by atoms with Gasteiger partial charge in [0.1, 0.15) is 0 Å². The van der Waals surface area contributed by atoms with Gasteiger partial charge >= 0.3 is 0 Å². The molecule has 4 aromatic rings. The van der Waals surface area contributed by atoms with Gasteiger partial charge in [-0.2, -0.15) is 0 Å². The molecule has 1 N–H and O–H groups in total.